The number of fused-ring (bicyclic) bond motifs is 1. The SMILES string of the molecule is COc1ccc2cc(C(C)C(=O)N3CCC(C(=O)N4CCCCC4)CC3)ccc2c1. The lowest BCUT2D eigenvalue weighted by Gasteiger charge is -2.36. The number of rotatable bonds is 4. The number of benzene rings is 2. The van der Waals surface area contributed by atoms with Crippen LogP contribution in [0.3, 0.4) is 0 Å². The van der Waals surface area contributed by atoms with E-state index in [4.69, 9.17) is 4.74 Å². The van der Waals surface area contributed by atoms with Gasteiger partial charge in [0.15, 0.2) is 0 Å². The molecule has 2 heterocycles. The Kier molecular flexibility index (Phi) is 6.26. The number of hydrogen-bond donors (Lipinski definition) is 0. The van der Waals surface area contributed by atoms with Crippen LogP contribution in [0.25, 0.3) is 10.8 Å². The highest BCUT2D eigenvalue weighted by molar-refractivity contribution is 5.88. The molecule has 2 fully saturated rings. The van der Waals surface area contributed by atoms with Crippen LogP contribution in [0.5, 0.6) is 5.75 Å². The second kappa shape index (κ2) is 9.07. The Morgan fingerprint density at radius 2 is 1.57 bits per heavy atom. The first kappa shape index (κ1) is 20.7. The predicted molar refractivity (Wildman–Crippen MR) is 119 cm³/mol. The zero-order valence-electron chi connectivity index (χ0n) is 18.1. The highest BCUT2D eigenvalue weighted by atomic mass is 16.5. The summed E-state index contributed by atoms with van der Waals surface area (Å²) in [6, 6.07) is 12.2. The maximum Gasteiger partial charge on any atom is 0.229 e. The molecule has 30 heavy (non-hydrogen) atoms. The van der Waals surface area contributed by atoms with Crippen molar-refractivity contribution in [1.82, 2.24) is 9.80 Å². The van der Waals surface area contributed by atoms with Gasteiger partial charge in [0.25, 0.3) is 0 Å². The van der Waals surface area contributed by atoms with E-state index in [0.717, 1.165) is 60.9 Å². The van der Waals surface area contributed by atoms with Gasteiger partial charge >= 0.3 is 0 Å². The lowest BCUT2D eigenvalue weighted by Crippen LogP contribution is -2.46. The van der Waals surface area contributed by atoms with E-state index in [1.54, 1.807) is 7.11 Å². The van der Waals surface area contributed by atoms with Crippen molar-refractivity contribution in [3.63, 3.8) is 0 Å². The summed E-state index contributed by atoms with van der Waals surface area (Å²) >= 11 is 0. The molecule has 5 heteroatoms. The molecule has 2 saturated heterocycles. The molecular formula is C25H32N2O3. The third-order valence-corrected chi connectivity index (χ3v) is 6.77. The molecule has 0 spiro atoms. The van der Waals surface area contributed by atoms with Gasteiger partial charge in [0.2, 0.25) is 11.8 Å². The van der Waals surface area contributed by atoms with Crippen LogP contribution >= 0.6 is 0 Å². The second-order valence-corrected chi connectivity index (χ2v) is 8.68. The molecule has 2 aliphatic rings. The molecular weight excluding hydrogens is 376 g/mol. The van der Waals surface area contributed by atoms with Crippen molar-refractivity contribution in [2.45, 2.75) is 44.9 Å². The fraction of sp³-hybridized carbons (Fsp3) is 0.520. The number of hydrogen-bond acceptors (Lipinski definition) is 3. The highest BCUT2D eigenvalue weighted by Crippen LogP contribution is 2.28. The minimum Gasteiger partial charge on any atom is -0.497 e. The summed E-state index contributed by atoms with van der Waals surface area (Å²) in [5.41, 5.74) is 1.03. The molecule has 0 aliphatic carbocycles. The average Bonchev–Trinajstić information content (AvgIpc) is 2.82. The first-order valence-corrected chi connectivity index (χ1v) is 11.2. The van der Waals surface area contributed by atoms with Crippen molar-refractivity contribution in [2.24, 2.45) is 5.92 Å². The van der Waals surface area contributed by atoms with Gasteiger partial charge in [0.1, 0.15) is 5.75 Å². The van der Waals surface area contributed by atoms with Gasteiger partial charge in [-0.1, -0.05) is 24.3 Å². The molecule has 0 radical (unpaired) electrons. The number of ether oxygens (including phenoxy) is 1. The van der Waals surface area contributed by atoms with Gasteiger partial charge in [-0.25, -0.2) is 0 Å². The van der Waals surface area contributed by atoms with Gasteiger partial charge in [-0.05, 0) is 67.5 Å². The number of carbonyl (C=O) groups is 2. The van der Waals surface area contributed by atoms with Gasteiger partial charge in [-0.15, -0.1) is 0 Å². The summed E-state index contributed by atoms with van der Waals surface area (Å²) in [6.45, 7) is 5.15. The lowest BCUT2D eigenvalue weighted by atomic mass is 9.92. The number of nitrogens with zero attached hydrogens (tertiary/aromatic N) is 2. The van der Waals surface area contributed by atoms with Crippen molar-refractivity contribution >= 4 is 22.6 Å². The first-order chi connectivity index (χ1) is 14.6. The van der Waals surface area contributed by atoms with Crippen LogP contribution in [0, 0.1) is 5.92 Å². The molecule has 1 unspecified atom stereocenters. The lowest BCUT2D eigenvalue weighted by molar-refractivity contribution is -0.141. The highest BCUT2D eigenvalue weighted by Gasteiger charge is 2.32. The molecule has 5 nitrogen and oxygen atoms in total. The summed E-state index contributed by atoms with van der Waals surface area (Å²) in [5, 5.41) is 2.22. The molecule has 4 rings (SSSR count). The van der Waals surface area contributed by atoms with Gasteiger partial charge in [-0.3, -0.25) is 9.59 Å². The van der Waals surface area contributed by atoms with E-state index >= 15 is 0 Å². The monoisotopic (exact) mass is 408 g/mol. The van der Waals surface area contributed by atoms with Crippen molar-refractivity contribution in [1.29, 1.82) is 0 Å². The standard InChI is InChI=1S/C25H32N2O3/c1-18(20-6-7-22-17-23(30-2)9-8-21(22)16-20)24(28)27-14-10-19(11-15-27)25(29)26-12-4-3-5-13-26/h6-9,16-19H,3-5,10-15H2,1-2H3. The third-order valence-electron chi connectivity index (χ3n) is 6.77. The Labute approximate surface area is 179 Å². The van der Waals surface area contributed by atoms with Gasteiger partial charge < -0.3 is 14.5 Å². The normalized spacial score (nSPS) is 19.0. The van der Waals surface area contributed by atoms with Crippen LogP contribution in [-0.2, 0) is 9.59 Å². The largest absolute Gasteiger partial charge is 0.497 e. The van der Waals surface area contributed by atoms with E-state index in [-0.39, 0.29) is 17.7 Å². The summed E-state index contributed by atoms with van der Waals surface area (Å²) < 4.78 is 5.29. The number of carbonyl (C=O) groups excluding carboxylic acids is 2. The molecule has 2 aromatic rings. The molecule has 0 N–H and O–H groups in total. The van der Waals surface area contributed by atoms with Crippen LogP contribution in [-0.4, -0.2) is 54.9 Å². The molecule has 160 valence electrons. The fourth-order valence-electron chi connectivity index (χ4n) is 4.77. The number of methoxy groups -OCH3 is 1. The van der Waals surface area contributed by atoms with Crippen LogP contribution in [0.2, 0.25) is 0 Å². The summed E-state index contributed by atoms with van der Waals surface area (Å²) in [7, 11) is 1.67. The summed E-state index contributed by atoms with van der Waals surface area (Å²) in [6.07, 6.45) is 5.05. The first-order valence-electron chi connectivity index (χ1n) is 11.2. The topological polar surface area (TPSA) is 49.9 Å². The van der Waals surface area contributed by atoms with Gasteiger partial charge in [0, 0.05) is 32.1 Å². The molecule has 2 amide bonds. The zero-order chi connectivity index (χ0) is 21.1. The van der Waals surface area contributed by atoms with E-state index in [1.807, 2.05) is 41.0 Å². The van der Waals surface area contributed by atoms with Gasteiger partial charge in [-0.2, -0.15) is 0 Å². The van der Waals surface area contributed by atoms with Gasteiger partial charge in [0.05, 0.1) is 13.0 Å². The molecule has 0 saturated carbocycles. The maximum absolute atomic E-state index is 13.1. The Morgan fingerprint density at radius 1 is 0.900 bits per heavy atom. The van der Waals surface area contributed by atoms with Crippen LogP contribution in [0.1, 0.15) is 50.5 Å². The van der Waals surface area contributed by atoms with Crippen LogP contribution < -0.4 is 4.74 Å². The second-order valence-electron chi connectivity index (χ2n) is 8.68. The zero-order valence-corrected chi connectivity index (χ0v) is 18.1. The van der Waals surface area contributed by atoms with E-state index in [1.165, 1.54) is 6.42 Å². The fourth-order valence-corrected chi connectivity index (χ4v) is 4.77. The Bertz CT molecular complexity index is 912. The third kappa shape index (κ3) is 4.30. The van der Waals surface area contributed by atoms with E-state index in [2.05, 4.69) is 12.1 Å². The molecule has 0 bridgehead atoms. The molecule has 2 aliphatic heterocycles. The Morgan fingerprint density at radius 3 is 2.27 bits per heavy atom. The molecule has 0 aromatic heterocycles. The molecule has 2 aromatic carbocycles. The minimum absolute atomic E-state index is 0.0816. The smallest absolute Gasteiger partial charge is 0.229 e. The minimum atomic E-state index is -0.189. The predicted octanol–water partition coefficient (Wildman–Crippen LogP) is 4.20. The maximum atomic E-state index is 13.1. The van der Waals surface area contributed by atoms with Crippen molar-refractivity contribution in [3.8, 4) is 5.75 Å². The van der Waals surface area contributed by atoms with Crippen molar-refractivity contribution in [2.75, 3.05) is 33.3 Å². The quantitative estimate of drug-likeness (QED) is 0.762. The van der Waals surface area contributed by atoms with Crippen LogP contribution in [0.4, 0.5) is 0 Å². The van der Waals surface area contributed by atoms with Crippen molar-refractivity contribution in [3.05, 3.63) is 42.0 Å². The summed E-state index contributed by atoms with van der Waals surface area (Å²) in [4.78, 5) is 29.9. The Balaban J connectivity index is 1.37. The van der Waals surface area contributed by atoms with E-state index < -0.39 is 0 Å². The number of amides is 2. The average molecular weight is 409 g/mol. The van der Waals surface area contributed by atoms with Crippen molar-refractivity contribution < 1.29 is 14.3 Å². The van der Waals surface area contributed by atoms with E-state index in [9.17, 15) is 9.59 Å². The Hall–Kier alpha value is -2.56. The summed E-state index contributed by atoms with van der Waals surface area (Å²) in [5.74, 6) is 1.19. The van der Waals surface area contributed by atoms with E-state index in [0.29, 0.717) is 19.0 Å². The number of piperidine rings is 2. The molecule has 1 atom stereocenters. The number of likely N-dealkylation sites (tertiary alicyclic amines) is 2. The van der Waals surface area contributed by atoms with Crippen LogP contribution in [0.15, 0.2) is 36.4 Å².